The molecule has 1 aromatic rings. The molecule has 0 saturated heterocycles. The molecule has 3 nitrogen and oxygen atoms in total. The van der Waals surface area contributed by atoms with Gasteiger partial charge in [-0.25, -0.2) is 0 Å². The standard InChI is InChI=1S/C14H21NO2/c1-5-15(12-9-7-6-8-10-12)11-13(16)14(2,3)17-4/h6-10H,5,11H2,1-4H3. The Morgan fingerprint density at radius 2 is 1.88 bits per heavy atom. The van der Waals surface area contributed by atoms with Crippen molar-refractivity contribution < 1.29 is 9.53 Å². The normalized spacial score (nSPS) is 11.3. The minimum Gasteiger partial charge on any atom is -0.371 e. The molecule has 0 amide bonds. The highest BCUT2D eigenvalue weighted by Gasteiger charge is 2.28. The predicted molar refractivity (Wildman–Crippen MR) is 70.4 cm³/mol. The van der Waals surface area contributed by atoms with Crippen molar-refractivity contribution in [3.05, 3.63) is 30.3 Å². The average Bonchev–Trinajstić information content (AvgIpc) is 2.36. The van der Waals surface area contributed by atoms with E-state index in [1.807, 2.05) is 42.2 Å². The molecule has 0 aliphatic rings. The van der Waals surface area contributed by atoms with Crippen molar-refractivity contribution in [3.8, 4) is 0 Å². The van der Waals surface area contributed by atoms with Crippen LogP contribution in [0.1, 0.15) is 20.8 Å². The lowest BCUT2D eigenvalue weighted by atomic mass is 10.0. The molecule has 0 aliphatic heterocycles. The van der Waals surface area contributed by atoms with E-state index < -0.39 is 5.60 Å². The van der Waals surface area contributed by atoms with Crippen LogP contribution in [0.5, 0.6) is 0 Å². The monoisotopic (exact) mass is 235 g/mol. The lowest BCUT2D eigenvalue weighted by molar-refractivity contribution is -0.135. The third-order valence-electron chi connectivity index (χ3n) is 3.02. The van der Waals surface area contributed by atoms with E-state index in [2.05, 4.69) is 0 Å². The quantitative estimate of drug-likeness (QED) is 0.758. The van der Waals surface area contributed by atoms with Gasteiger partial charge in [-0.1, -0.05) is 18.2 Å². The van der Waals surface area contributed by atoms with Gasteiger partial charge in [0.1, 0.15) is 5.60 Å². The fraction of sp³-hybridized carbons (Fsp3) is 0.500. The van der Waals surface area contributed by atoms with Crippen LogP contribution in [0.25, 0.3) is 0 Å². The Morgan fingerprint density at radius 3 is 2.35 bits per heavy atom. The van der Waals surface area contributed by atoms with E-state index >= 15 is 0 Å². The molecule has 1 rings (SSSR count). The van der Waals surface area contributed by atoms with Crippen molar-refractivity contribution in [1.29, 1.82) is 0 Å². The second-order valence-electron chi connectivity index (χ2n) is 4.49. The number of carbonyl (C=O) groups is 1. The van der Waals surface area contributed by atoms with Gasteiger partial charge < -0.3 is 9.64 Å². The first kappa shape index (κ1) is 13.7. The second kappa shape index (κ2) is 5.82. The Labute approximate surface area is 103 Å². The minimum absolute atomic E-state index is 0.0886. The SMILES string of the molecule is CCN(CC(=O)C(C)(C)OC)c1ccccc1. The van der Waals surface area contributed by atoms with Gasteiger partial charge in [-0.15, -0.1) is 0 Å². The number of anilines is 1. The third-order valence-corrected chi connectivity index (χ3v) is 3.02. The van der Waals surface area contributed by atoms with Crippen LogP contribution in [0.4, 0.5) is 5.69 Å². The number of benzene rings is 1. The highest BCUT2D eigenvalue weighted by atomic mass is 16.5. The van der Waals surface area contributed by atoms with Crippen LogP contribution >= 0.6 is 0 Å². The Bertz CT molecular complexity index is 360. The van der Waals surface area contributed by atoms with E-state index in [-0.39, 0.29) is 5.78 Å². The molecule has 3 heteroatoms. The van der Waals surface area contributed by atoms with E-state index in [4.69, 9.17) is 4.74 Å². The van der Waals surface area contributed by atoms with Crippen LogP contribution in [0.2, 0.25) is 0 Å². The molecule has 0 saturated carbocycles. The maximum absolute atomic E-state index is 12.1. The summed E-state index contributed by atoms with van der Waals surface area (Å²) in [5.74, 6) is 0.0886. The van der Waals surface area contributed by atoms with E-state index in [1.54, 1.807) is 21.0 Å². The fourth-order valence-corrected chi connectivity index (χ4v) is 1.50. The van der Waals surface area contributed by atoms with Crippen LogP contribution < -0.4 is 4.90 Å². The lowest BCUT2D eigenvalue weighted by Gasteiger charge is -2.27. The second-order valence-corrected chi connectivity index (χ2v) is 4.49. The predicted octanol–water partition coefficient (Wildman–Crippen LogP) is 2.51. The summed E-state index contributed by atoms with van der Waals surface area (Å²) in [5, 5.41) is 0. The van der Waals surface area contributed by atoms with Gasteiger partial charge in [-0.2, -0.15) is 0 Å². The average molecular weight is 235 g/mol. The summed E-state index contributed by atoms with van der Waals surface area (Å²) in [4.78, 5) is 14.1. The van der Waals surface area contributed by atoms with Crippen LogP contribution in [0.3, 0.4) is 0 Å². The highest BCUT2D eigenvalue weighted by Crippen LogP contribution is 2.16. The molecule has 17 heavy (non-hydrogen) atoms. The number of hydrogen-bond donors (Lipinski definition) is 0. The van der Waals surface area contributed by atoms with E-state index in [9.17, 15) is 4.79 Å². The molecule has 0 radical (unpaired) electrons. The van der Waals surface area contributed by atoms with Crippen molar-refractivity contribution in [2.45, 2.75) is 26.4 Å². The van der Waals surface area contributed by atoms with Crippen LogP contribution in [-0.2, 0) is 9.53 Å². The number of ketones is 1. The first-order valence-corrected chi connectivity index (χ1v) is 5.89. The van der Waals surface area contributed by atoms with Crippen LogP contribution in [0.15, 0.2) is 30.3 Å². The summed E-state index contributed by atoms with van der Waals surface area (Å²) in [6.07, 6.45) is 0. The summed E-state index contributed by atoms with van der Waals surface area (Å²) in [5.41, 5.74) is 0.345. The van der Waals surface area contributed by atoms with Crippen molar-refractivity contribution in [2.75, 3.05) is 25.1 Å². The Kier molecular flexibility index (Phi) is 4.70. The molecule has 0 heterocycles. The molecular weight excluding hydrogens is 214 g/mol. The fourth-order valence-electron chi connectivity index (χ4n) is 1.50. The zero-order chi connectivity index (χ0) is 12.9. The number of para-hydroxylation sites is 1. The maximum Gasteiger partial charge on any atom is 0.183 e. The van der Waals surface area contributed by atoms with Crippen molar-refractivity contribution >= 4 is 11.5 Å². The molecule has 0 bridgehead atoms. The number of Topliss-reactive ketones (excluding diaryl/α,β-unsaturated/α-hetero) is 1. The van der Waals surface area contributed by atoms with E-state index in [1.165, 1.54) is 0 Å². The van der Waals surface area contributed by atoms with Crippen molar-refractivity contribution in [1.82, 2.24) is 0 Å². The topological polar surface area (TPSA) is 29.5 Å². The van der Waals surface area contributed by atoms with Crippen molar-refractivity contribution in [2.24, 2.45) is 0 Å². The Balaban J connectivity index is 2.75. The van der Waals surface area contributed by atoms with Crippen molar-refractivity contribution in [3.63, 3.8) is 0 Å². The number of methoxy groups -OCH3 is 1. The summed E-state index contributed by atoms with van der Waals surface area (Å²) in [6.45, 7) is 6.82. The van der Waals surface area contributed by atoms with Gasteiger partial charge in [0.25, 0.3) is 0 Å². The molecular formula is C14H21NO2. The van der Waals surface area contributed by atoms with Gasteiger partial charge in [-0.05, 0) is 32.9 Å². The number of rotatable bonds is 6. The number of nitrogens with zero attached hydrogens (tertiary/aromatic N) is 1. The molecule has 0 unspecified atom stereocenters. The molecule has 0 spiro atoms. The Morgan fingerprint density at radius 1 is 1.29 bits per heavy atom. The maximum atomic E-state index is 12.1. The highest BCUT2D eigenvalue weighted by molar-refractivity contribution is 5.90. The van der Waals surface area contributed by atoms with Crippen LogP contribution in [0, 0.1) is 0 Å². The summed E-state index contributed by atoms with van der Waals surface area (Å²) < 4.78 is 5.20. The molecule has 0 atom stereocenters. The zero-order valence-corrected chi connectivity index (χ0v) is 11.1. The molecule has 0 aromatic heterocycles. The van der Waals surface area contributed by atoms with Gasteiger partial charge >= 0.3 is 0 Å². The number of carbonyl (C=O) groups excluding carboxylic acids is 1. The molecule has 0 aliphatic carbocycles. The molecule has 1 aromatic carbocycles. The van der Waals surface area contributed by atoms with Gasteiger partial charge in [0, 0.05) is 19.3 Å². The number of ether oxygens (including phenoxy) is 1. The first-order chi connectivity index (χ1) is 8.01. The van der Waals surface area contributed by atoms with E-state index in [0.717, 1.165) is 12.2 Å². The number of hydrogen-bond acceptors (Lipinski definition) is 3. The van der Waals surface area contributed by atoms with Gasteiger partial charge in [-0.3, -0.25) is 4.79 Å². The van der Waals surface area contributed by atoms with E-state index in [0.29, 0.717) is 6.54 Å². The summed E-state index contributed by atoms with van der Waals surface area (Å²) in [6, 6.07) is 9.94. The van der Waals surface area contributed by atoms with Gasteiger partial charge in [0.05, 0.1) is 6.54 Å². The lowest BCUT2D eigenvalue weighted by Crippen LogP contribution is -2.42. The molecule has 94 valence electrons. The summed E-state index contributed by atoms with van der Waals surface area (Å²) >= 11 is 0. The smallest absolute Gasteiger partial charge is 0.183 e. The van der Waals surface area contributed by atoms with Crippen LogP contribution in [-0.4, -0.2) is 31.6 Å². The first-order valence-electron chi connectivity index (χ1n) is 5.89. The molecule has 0 N–H and O–H groups in total. The summed E-state index contributed by atoms with van der Waals surface area (Å²) in [7, 11) is 1.57. The van der Waals surface area contributed by atoms with Gasteiger partial charge in [0.2, 0.25) is 0 Å². The molecule has 0 fully saturated rings. The van der Waals surface area contributed by atoms with Gasteiger partial charge in [0.15, 0.2) is 5.78 Å². The minimum atomic E-state index is -0.720. The largest absolute Gasteiger partial charge is 0.371 e. The third kappa shape index (κ3) is 3.56. The number of likely N-dealkylation sites (N-methyl/N-ethyl adjacent to an activating group) is 1. The zero-order valence-electron chi connectivity index (χ0n) is 11.1. The Hall–Kier alpha value is -1.35.